The van der Waals surface area contributed by atoms with Crippen LogP contribution in [-0.4, -0.2) is 51.9 Å². The van der Waals surface area contributed by atoms with E-state index in [9.17, 15) is 26.4 Å². The number of rotatable bonds is 7. The van der Waals surface area contributed by atoms with Crippen LogP contribution in [0, 0.1) is 0 Å². The van der Waals surface area contributed by atoms with Crippen LogP contribution >= 0.6 is 0 Å². The van der Waals surface area contributed by atoms with E-state index in [1.54, 1.807) is 0 Å². The van der Waals surface area contributed by atoms with Crippen LogP contribution in [0.3, 0.4) is 0 Å². The molecule has 18 heavy (non-hydrogen) atoms. The molecule has 0 amide bonds. The molecule has 0 aliphatic carbocycles. The van der Waals surface area contributed by atoms with E-state index in [1.165, 1.54) is 6.92 Å². The number of alkyl halides is 3. The van der Waals surface area contributed by atoms with Crippen molar-refractivity contribution in [3.8, 4) is 0 Å². The van der Waals surface area contributed by atoms with Crippen LogP contribution in [0.2, 0.25) is 0 Å². The second kappa shape index (κ2) is 6.93. The Bertz CT molecular complexity index is 363. The quantitative estimate of drug-likeness (QED) is 0.516. The van der Waals surface area contributed by atoms with Crippen molar-refractivity contribution in [1.82, 2.24) is 0 Å². The molecule has 0 aliphatic heterocycles. The average molecular weight is 292 g/mol. The molecule has 0 bridgehead atoms. The third-order valence-corrected chi connectivity index (χ3v) is 4.20. The van der Waals surface area contributed by atoms with Crippen LogP contribution in [0.5, 0.6) is 0 Å². The SMILES string of the molecule is COC(=O)CC(C)S(=O)(=O)CCOCC(F)(F)F. The number of carbonyl (C=O) groups is 1. The predicted octanol–water partition coefficient (Wildman–Crippen LogP) is 0.932. The van der Waals surface area contributed by atoms with Crippen molar-refractivity contribution in [2.75, 3.05) is 26.1 Å². The summed E-state index contributed by atoms with van der Waals surface area (Å²) in [6.07, 6.45) is -4.82. The number of methoxy groups -OCH3 is 1. The molecule has 0 spiro atoms. The second-order valence-corrected chi connectivity index (χ2v) is 6.16. The molecule has 0 aliphatic rings. The Hall–Kier alpha value is -0.830. The maximum Gasteiger partial charge on any atom is 0.411 e. The third kappa shape index (κ3) is 7.49. The molecule has 0 N–H and O–H groups in total. The van der Waals surface area contributed by atoms with Gasteiger partial charge in [-0.15, -0.1) is 0 Å². The Kier molecular flexibility index (Phi) is 6.61. The van der Waals surface area contributed by atoms with Crippen LogP contribution in [0.25, 0.3) is 0 Å². The van der Waals surface area contributed by atoms with E-state index in [0.717, 1.165) is 7.11 Å². The fraction of sp³-hybridized carbons (Fsp3) is 0.889. The molecule has 0 saturated carbocycles. The third-order valence-electron chi connectivity index (χ3n) is 2.07. The molecule has 0 heterocycles. The van der Waals surface area contributed by atoms with E-state index in [2.05, 4.69) is 9.47 Å². The summed E-state index contributed by atoms with van der Waals surface area (Å²) in [6, 6.07) is 0. The Balaban J connectivity index is 4.12. The smallest absolute Gasteiger partial charge is 0.411 e. The summed E-state index contributed by atoms with van der Waals surface area (Å²) in [4.78, 5) is 10.9. The first-order valence-electron chi connectivity index (χ1n) is 5.01. The van der Waals surface area contributed by atoms with Crippen molar-refractivity contribution in [2.24, 2.45) is 0 Å². The highest BCUT2D eigenvalue weighted by atomic mass is 32.2. The van der Waals surface area contributed by atoms with Gasteiger partial charge in [0.05, 0.1) is 31.1 Å². The van der Waals surface area contributed by atoms with Crippen LogP contribution < -0.4 is 0 Å². The molecule has 0 aromatic carbocycles. The topological polar surface area (TPSA) is 69.7 Å². The highest BCUT2D eigenvalue weighted by Crippen LogP contribution is 2.14. The number of hydrogen-bond donors (Lipinski definition) is 0. The minimum atomic E-state index is -4.48. The number of esters is 1. The zero-order valence-corrected chi connectivity index (χ0v) is 10.8. The van der Waals surface area contributed by atoms with Crippen molar-refractivity contribution in [2.45, 2.75) is 24.8 Å². The molecule has 0 fully saturated rings. The van der Waals surface area contributed by atoms with Gasteiger partial charge < -0.3 is 9.47 Å². The lowest BCUT2D eigenvalue weighted by molar-refractivity contribution is -0.172. The number of halogens is 3. The van der Waals surface area contributed by atoms with Gasteiger partial charge in [-0.1, -0.05) is 0 Å². The van der Waals surface area contributed by atoms with Gasteiger partial charge in [-0.2, -0.15) is 13.2 Å². The monoisotopic (exact) mass is 292 g/mol. The molecule has 0 aromatic rings. The minimum Gasteiger partial charge on any atom is -0.469 e. The Labute approximate surface area is 103 Å². The van der Waals surface area contributed by atoms with E-state index in [1.807, 2.05) is 0 Å². The van der Waals surface area contributed by atoms with Gasteiger partial charge in [-0.3, -0.25) is 4.79 Å². The van der Waals surface area contributed by atoms with E-state index >= 15 is 0 Å². The lowest BCUT2D eigenvalue weighted by Gasteiger charge is -2.12. The summed E-state index contributed by atoms with van der Waals surface area (Å²) in [5.41, 5.74) is 0. The standard InChI is InChI=1S/C9H15F3O5S/c1-7(5-8(13)16-2)18(14,15)4-3-17-6-9(10,11)12/h7H,3-6H2,1-2H3. The van der Waals surface area contributed by atoms with Gasteiger partial charge in [0.15, 0.2) is 9.84 Å². The van der Waals surface area contributed by atoms with E-state index in [-0.39, 0.29) is 6.42 Å². The van der Waals surface area contributed by atoms with Gasteiger partial charge in [-0.05, 0) is 6.92 Å². The van der Waals surface area contributed by atoms with Crippen LogP contribution in [-0.2, 0) is 24.1 Å². The van der Waals surface area contributed by atoms with E-state index < -0.39 is 46.2 Å². The summed E-state index contributed by atoms with van der Waals surface area (Å²) in [5.74, 6) is -1.26. The summed E-state index contributed by atoms with van der Waals surface area (Å²) in [6.45, 7) is -0.767. The zero-order chi connectivity index (χ0) is 14.4. The summed E-state index contributed by atoms with van der Waals surface area (Å²) < 4.78 is 66.7. The van der Waals surface area contributed by atoms with Crippen LogP contribution in [0.1, 0.15) is 13.3 Å². The maximum atomic E-state index is 11.7. The maximum absolute atomic E-state index is 11.7. The normalized spacial score (nSPS) is 14.3. The van der Waals surface area contributed by atoms with Crippen molar-refractivity contribution in [3.05, 3.63) is 0 Å². The highest BCUT2D eigenvalue weighted by molar-refractivity contribution is 7.92. The predicted molar refractivity (Wildman–Crippen MR) is 56.8 cm³/mol. The fourth-order valence-electron chi connectivity index (χ4n) is 1.01. The molecule has 108 valence electrons. The van der Waals surface area contributed by atoms with Gasteiger partial charge in [-0.25, -0.2) is 8.42 Å². The van der Waals surface area contributed by atoms with E-state index in [0.29, 0.717) is 0 Å². The molecule has 0 rings (SSSR count). The fourth-order valence-corrected chi connectivity index (χ4v) is 2.15. The van der Waals surface area contributed by atoms with Gasteiger partial charge >= 0.3 is 12.1 Å². The molecule has 0 saturated heterocycles. The van der Waals surface area contributed by atoms with Crippen molar-refractivity contribution in [3.63, 3.8) is 0 Å². The van der Waals surface area contributed by atoms with Gasteiger partial charge in [0.1, 0.15) is 6.61 Å². The molecule has 9 heteroatoms. The molecule has 1 atom stereocenters. The Morgan fingerprint density at radius 2 is 1.89 bits per heavy atom. The number of sulfone groups is 1. The Morgan fingerprint density at radius 1 is 1.33 bits per heavy atom. The van der Waals surface area contributed by atoms with Crippen molar-refractivity contribution in [1.29, 1.82) is 0 Å². The first-order chi connectivity index (χ1) is 8.08. The average Bonchev–Trinajstić information content (AvgIpc) is 2.23. The van der Waals surface area contributed by atoms with Crippen molar-refractivity contribution >= 4 is 15.8 Å². The molecular weight excluding hydrogens is 277 g/mol. The van der Waals surface area contributed by atoms with E-state index in [4.69, 9.17) is 0 Å². The summed E-state index contributed by atoms with van der Waals surface area (Å²) in [5, 5.41) is -1.01. The molecule has 0 radical (unpaired) electrons. The largest absolute Gasteiger partial charge is 0.469 e. The number of hydrogen-bond acceptors (Lipinski definition) is 5. The summed E-state index contributed by atoms with van der Waals surface area (Å²) >= 11 is 0. The summed E-state index contributed by atoms with van der Waals surface area (Å²) in [7, 11) is -2.56. The Morgan fingerprint density at radius 3 is 2.33 bits per heavy atom. The van der Waals surface area contributed by atoms with Gasteiger partial charge in [0, 0.05) is 0 Å². The second-order valence-electron chi connectivity index (χ2n) is 3.63. The lowest BCUT2D eigenvalue weighted by atomic mass is 10.3. The minimum absolute atomic E-state index is 0.335. The molecule has 5 nitrogen and oxygen atoms in total. The van der Waals surface area contributed by atoms with Gasteiger partial charge in [0.2, 0.25) is 0 Å². The van der Waals surface area contributed by atoms with Crippen molar-refractivity contribution < 1.29 is 35.9 Å². The first-order valence-corrected chi connectivity index (χ1v) is 6.73. The van der Waals surface area contributed by atoms with Gasteiger partial charge in [0.25, 0.3) is 0 Å². The highest BCUT2D eigenvalue weighted by Gasteiger charge is 2.28. The van der Waals surface area contributed by atoms with Crippen LogP contribution in [0.15, 0.2) is 0 Å². The zero-order valence-electron chi connectivity index (χ0n) is 9.99. The van der Waals surface area contributed by atoms with Crippen LogP contribution in [0.4, 0.5) is 13.2 Å². The number of carbonyl (C=O) groups excluding carboxylic acids is 1. The number of ether oxygens (including phenoxy) is 2. The lowest BCUT2D eigenvalue weighted by Crippen LogP contribution is -2.27. The molecular formula is C9H15F3O5S. The molecule has 0 aromatic heterocycles. The molecule has 1 unspecified atom stereocenters. The first kappa shape index (κ1) is 17.2.